The molecule has 0 bridgehead atoms. The number of fused-ring (bicyclic) bond motifs is 1. The number of amides is 2. The van der Waals surface area contributed by atoms with Crippen molar-refractivity contribution < 1.29 is 14.0 Å². The molecular formula is C17H22N4O3. The van der Waals surface area contributed by atoms with Gasteiger partial charge in [0.2, 0.25) is 0 Å². The summed E-state index contributed by atoms with van der Waals surface area (Å²) in [4.78, 5) is 26.5. The van der Waals surface area contributed by atoms with Crippen molar-refractivity contribution in [1.82, 2.24) is 20.4 Å². The summed E-state index contributed by atoms with van der Waals surface area (Å²) >= 11 is 0. The molecule has 1 aliphatic rings. The molecule has 0 saturated carbocycles. The molecule has 0 fully saturated rings. The Labute approximate surface area is 140 Å². The molecule has 1 atom stereocenters. The van der Waals surface area contributed by atoms with Crippen LogP contribution in [-0.4, -0.2) is 40.0 Å². The van der Waals surface area contributed by atoms with E-state index in [1.54, 1.807) is 17.0 Å². The highest BCUT2D eigenvalue weighted by Gasteiger charge is 2.29. The highest BCUT2D eigenvalue weighted by molar-refractivity contribution is 5.95. The lowest BCUT2D eigenvalue weighted by Gasteiger charge is -2.26. The molecule has 128 valence electrons. The van der Waals surface area contributed by atoms with Gasteiger partial charge in [-0.25, -0.2) is 0 Å². The lowest BCUT2D eigenvalue weighted by Crippen LogP contribution is -2.37. The molecule has 1 aliphatic heterocycles. The second-order valence-electron chi connectivity index (χ2n) is 6.21. The SMILES string of the molecule is CCC(C)CNC(=O)c1n[nH]c2c1CN(C(=O)c1ccco1)CC2. The fourth-order valence-corrected chi connectivity index (χ4v) is 2.71. The maximum absolute atomic E-state index is 12.4. The number of nitrogens with zero attached hydrogens (tertiary/aromatic N) is 2. The van der Waals surface area contributed by atoms with Gasteiger partial charge in [-0.1, -0.05) is 20.3 Å². The quantitative estimate of drug-likeness (QED) is 0.877. The molecule has 24 heavy (non-hydrogen) atoms. The van der Waals surface area contributed by atoms with E-state index in [0.717, 1.165) is 17.7 Å². The van der Waals surface area contributed by atoms with Gasteiger partial charge in [0, 0.05) is 30.8 Å². The number of furan rings is 1. The van der Waals surface area contributed by atoms with Crippen LogP contribution in [0.3, 0.4) is 0 Å². The molecular weight excluding hydrogens is 308 g/mol. The lowest BCUT2D eigenvalue weighted by molar-refractivity contribution is 0.0699. The Balaban J connectivity index is 1.72. The number of carbonyl (C=O) groups excluding carboxylic acids is 2. The highest BCUT2D eigenvalue weighted by Crippen LogP contribution is 2.22. The number of hydrogen-bond acceptors (Lipinski definition) is 4. The second-order valence-corrected chi connectivity index (χ2v) is 6.21. The van der Waals surface area contributed by atoms with Crippen molar-refractivity contribution >= 4 is 11.8 Å². The zero-order chi connectivity index (χ0) is 17.1. The number of rotatable bonds is 5. The first-order valence-electron chi connectivity index (χ1n) is 8.27. The van der Waals surface area contributed by atoms with Crippen molar-refractivity contribution in [1.29, 1.82) is 0 Å². The number of hydrogen-bond donors (Lipinski definition) is 2. The van der Waals surface area contributed by atoms with E-state index in [0.29, 0.717) is 43.4 Å². The fraction of sp³-hybridized carbons (Fsp3) is 0.471. The molecule has 2 aromatic rings. The van der Waals surface area contributed by atoms with Gasteiger partial charge in [-0.3, -0.25) is 14.7 Å². The molecule has 7 heteroatoms. The van der Waals surface area contributed by atoms with E-state index >= 15 is 0 Å². The molecule has 0 radical (unpaired) electrons. The summed E-state index contributed by atoms with van der Waals surface area (Å²) in [6.45, 7) is 5.72. The molecule has 2 amide bonds. The van der Waals surface area contributed by atoms with Crippen molar-refractivity contribution in [2.75, 3.05) is 13.1 Å². The van der Waals surface area contributed by atoms with Crippen LogP contribution >= 0.6 is 0 Å². The van der Waals surface area contributed by atoms with Gasteiger partial charge in [0.25, 0.3) is 11.8 Å². The Morgan fingerprint density at radius 3 is 3.04 bits per heavy atom. The van der Waals surface area contributed by atoms with Gasteiger partial charge in [-0.05, 0) is 18.1 Å². The summed E-state index contributed by atoms with van der Waals surface area (Å²) in [5.74, 6) is 0.364. The third-order valence-electron chi connectivity index (χ3n) is 4.48. The molecule has 0 saturated heterocycles. The average molecular weight is 330 g/mol. The summed E-state index contributed by atoms with van der Waals surface area (Å²) in [7, 11) is 0. The van der Waals surface area contributed by atoms with Gasteiger partial charge < -0.3 is 14.6 Å². The molecule has 0 spiro atoms. The zero-order valence-corrected chi connectivity index (χ0v) is 14.0. The first kappa shape index (κ1) is 16.3. The predicted molar refractivity (Wildman–Crippen MR) is 87.5 cm³/mol. The third kappa shape index (κ3) is 3.20. The van der Waals surface area contributed by atoms with Crippen LogP contribution in [0.5, 0.6) is 0 Å². The summed E-state index contributed by atoms with van der Waals surface area (Å²) in [6.07, 6.45) is 3.13. The van der Waals surface area contributed by atoms with Crippen LogP contribution < -0.4 is 5.32 Å². The smallest absolute Gasteiger partial charge is 0.289 e. The highest BCUT2D eigenvalue weighted by atomic mass is 16.3. The largest absolute Gasteiger partial charge is 0.459 e. The van der Waals surface area contributed by atoms with Crippen molar-refractivity contribution in [3.8, 4) is 0 Å². The van der Waals surface area contributed by atoms with Crippen LogP contribution in [0, 0.1) is 5.92 Å². The van der Waals surface area contributed by atoms with E-state index in [-0.39, 0.29) is 11.8 Å². The van der Waals surface area contributed by atoms with E-state index in [4.69, 9.17) is 4.42 Å². The van der Waals surface area contributed by atoms with E-state index in [9.17, 15) is 9.59 Å². The standard InChI is InChI=1S/C17H22N4O3/c1-3-11(2)9-18-16(22)15-12-10-21(7-6-13(12)19-20-15)17(23)14-5-4-8-24-14/h4-5,8,11H,3,6-7,9-10H2,1-2H3,(H,18,22)(H,19,20). The minimum Gasteiger partial charge on any atom is -0.459 e. The number of carbonyl (C=O) groups is 2. The van der Waals surface area contributed by atoms with Crippen LogP contribution in [0.15, 0.2) is 22.8 Å². The number of H-pyrrole nitrogens is 1. The summed E-state index contributed by atoms with van der Waals surface area (Å²) in [6, 6.07) is 3.33. The molecule has 0 aromatic carbocycles. The van der Waals surface area contributed by atoms with Crippen LogP contribution in [0.25, 0.3) is 0 Å². The molecule has 3 rings (SSSR count). The van der Waals surface area contributed by atoms with E-state index < -0.39 is 0 Å². The van der Waals surface area contributed by atoms with Gasteiger partial charge in [-0.15, -0.1) is 0 Å². The lowest BCUT2D eigenvalue weighted by atomic mass is 10.0. The molecule has 7 nitrogen and oxygen atoms in total. The predicted octanol–water partition coefficient (Wildman–Crippen LogP) is 1.98. The van der Waals surface area contributed by atoms with Gasteiger partial charge in [0.1, 0.15) is 0 Å². The van der Waals surface area contributed by atoms with Crippen LogP contribution in [0.4, 0.5) is 0 Å². The number of aromatic nitrogens is 2. The minimum atomic E-state index is -0.194. The molecule has 2 aromatic heterocycles. The van der Waals surface area contributed by atoms with Crippen LogP contribution in [0.1, 0.15) is 52.6 Å². The van der Waals surface area contributed by atoms with E-state index in [1.165, 1.54) is 6.26 Å². The number of nitrogens with one attached hydrogen (secondary N) is 2. The average Bonchev–Trinajstić information content (AvgIpc) is 3.27. The van der Waals surface area contributed by atoms with E-state index in [2.05, 4.69) is 29.4 Å². The van der Waals surface area contributed by atoms with Gasteiger partial charge in [-0.2, -0.15) is 5.10 Å². The molecule has 2 N–H and O–H groups in total. The minimum absolute atomic E-state index is 0.169. The Bertz CT molecular complexity index is 720. The van der Waals surface area contributed by atoms with Crippen LogP contribution in [-0.2, 0) is 13.0 Å². The fourth-order valence-electron chi connectivity index (χ4n) is 2.71. The summed E-state index contributed by atoms with van der Waals surface area (Å²) in [5.41, 5.74) is 2.10. The summed E-state index contributed by atoms with van der Waals surface area (Å²) in [5, 5.41) is 10.0. The van der Waals surface area contributed by atoms with Crippen LogP contribution in [0.2, 0.25) is 0 Å². The molecule has 3 heterocycles. The van der Waals surface area contributed by atoms with Gasteiger partial charge in [0.05, 0.1) is 12.8 Å². The Kier molecular flexibility index (Phi) is 4.69. The van der Waals surface area contributed by atoms with Gasteiger partial charge in [0.15, 0.2) is 11.5 Å². The maximum Gasteiger partial charge on any atom is 0.289 e. The zero-order valence-electron chi connectivity index (χ0n) is 14.0. The number of aromatic amines is 1. The molecule has 1 unspecified atom stereocenters. The Morgan fingerprint density at radius 2 is 2.33 bits per heavy atom. The third-order valence-corrected chi connectivity index (χ3v) is 4.48. The second kappa shape index (κ2) is 6.90. The maximum atomic E-state index is 12.4. The topological polar surface area (TPSA) is 91.2 Å². The van der Waals surface area contributed by atoms with Crippen molar-refractivity contribution in [3.63, 3.8) is 0 Å². The first-order valence-corrected chi connectivity index (χ1v) is 8.27. The van der Waals surface area contributed by atoms with Crippen molar-refractivity contribution in [3.05, 3.63) is 41.1 Å². The van der Waals surface area contributed by atoms with Crippen molar-refractivity contribution in [2.45, 2.75) is 33.2 Å². The first-order chi connectivity index (χ1) is 11.6. The van der Waals surface area contributed by atoms with E-state index in [1.807, 2.05) is 0 Å². The van der Waals surface area contributed by atoms with Crippen molar-refractivity contribution in [2.24, 2.45) is 5.92 Å². The monoisotopic (exact) mass is 330 g/mol. The Morgan fingerprint density at radius 1 is 1.50 bits per heavy atom. The Hall–Kier alpha value is -2.57. The van der Waals surface area contributed by atoms with Gasteiger partial charge >= 0.3 is 0 Å². The molecule has 0 aliphatic carbocycles. The summed E-state index contributed by atoms with van der Waals surface area (Å²) < 4.78 is 5.18. The normalized spacial score (nSPS) is 15.0.